The van der Waals surface area contributed by atoms with E-state index in [1.807, 2.05) is 0 Å². The molecule has 0 saturated carbocycles. The first-order chi connectivity index (χ1) is 12.7. The van der Waals surface area contributed by atoms with E-state index in [4.69, 9.17) is 0 Å². The number of Topliss-reactive ketones (excluding diaryl/α,β-unsaturated/α-hetero) is 1. The monoisotopic (exact) mass is 377 g/mol. The van der Waals surface area contributed by atoms with E-state index in [0.717, 1.165) is 17.7 Å². The number of ketones is 1. The van der Waals surface area contributed by atoms with Crippen LogP contribution in [0.4, 0.5) is 19.0 Å². The van der Waals surface area contributed by atoms with Crippen LogP contribution in [0.15, 0.2) is 36.7 Å². The molecular formula is C18H18F3N5O. The molecule has 6 nitrogen and oxygen atoms in total. The summed E-state index contributed by atoms with van der Waals surface area (Å²) in [5, 5.41) is 7.14. The molecule has 3 heterocycles. The smallest absolute Gasteiger partial charge is 0.368 e. The van der Waals surface area contributed by atoms with E-state index in [9.17, 15) is 18.0 Å². The number of halogens is 3. The molecule has 0 aromatic carbocycles. The van der Waals surface area contributed by atoms with Crippen LogP contribution in [0.1, 0.15) is 30.8 Å². The number of nitrogens with zero attached hydrogens (tertiary/aromatic N) is 4. The highest BCUT2D eigenvalue weighted by Gasteiger charge is 2.32. The zero-order valence-electron chi connectivity index (χ0n) is 14.8. The van der Waals surface area contributed by atoms with E-state index >= 15 is 0 Å². The van der Waals surface area contributed by atoms with Crippen molar-refractivity contribution in [1.82, 2.24) is 19.6 Å². The molecule has 0 atom stereocenters. The van der Waals surface area contributed by atoms with Gasteiger partial charge in [-0.15, -0.1) is 5.10 Å². The highest BCUT2D eigenvalue weighted by atomic mass is 19.4. The van der Waals surface area contributed by atoms with Gasteiger partial charge < -0.3 is 5.32 Å². The van der Waals surface area contributed by atoms with Gasteiger partial charge in [0.2, 0.25) is 0 Å². The summed E-state index contributed by atoms with van der Waals surface area (Å²) in [6.07, 6.45) is -1.21. The second-order valence-corrected chi connectivity index (χ2v) is 6.48. The summed E-state index contributed by atoms with van der Waals surface area (Å²) in [6.45, 7) is 3.61. The lowest BCUT2D eigenvalue weighted by atomic mass is 10.1. The molecule has 3 rings (SSSR count). The molecular weight excluding hydrogens is 359 g/mol. The average Bonchev–Trinajstić information content (AvgIpc) is 2.97. The zero-order chi connectivity index (χ0) is 19.6. The van der Waals surface area contributed by atoms with Crippen molar-refractivity contribution in [3.63, 3.8) is 0 Å². The molecule has 0 spiro atoms. The molecule has 3 aromatic heterocycles. The number of anilines is 1. The number of alkyl halides is 3. The fraction of sp³-hybridized carbons (Fsp3) is 0.333. The van der Waals surface area contributed by atoms with E-state index < -0.39 is 11.7 Å². The van der Waals surface area contributed by atoms with Gasteiger partial charge in [-0.1, -0.05) is 6.07 Å². The van der Waals surface area contributed by atoms with Crippen molar-refractivity contribution in [2.24, 2.45) is 0 Å². The lowest BCUT2D eigenvalue weighted by molar-refractivity contribution is -0.137. The number of aromatic nitrogens is 4. The normalized spacial score (nSPS) is 11.9. The Kier molecular flexibility index (Phi) is 5.11. The predicted octanol–water partition coefficient (Wildman–Crippen LogP) is 3.32. The lowest BCUT2D eigenvalue weighted by Crippen LogP contribution is -2.15. The maximum absolute atomic E-state index is 13.1. The Morgan fingerprint density at radius 2 is 2.04 bits per heavy atom. The third-order valence-electron chi connectivity index (χ3n) is 3.72. The molecule has 0 saturated heterocycles. The first-order valence-electron chi connectivity index (χ1n) is 8.36. The molecule has 0 unspecified atom stereocenters. The number of hydrogen-bond donors (Lipinski definition) is 1. The van der Waals surface area contributed by atoms with Crippen molar-refractivity contribution in [3.8, 4) is 0 Å². The van der Waals surface area contributed by atoms with Crippen LogP contribution in [-0.4, -0.2) is 31.4 Å². The standard InChI is InChI=1S/C18H18F3N5O/c1-11(2)23-16-7-13(18(19,20)21)8-17-24-15(25-26(16)17)9-14(27)6-12-4-3-5-22-10-12/h3-5,7-8,10-11,23H,6,9H2,1-2H3. The Morgan fingerprint density at radius 1 is 1.26 bits per heavy atom. The minimum absolute atomic E-state index is 0.0390. The highest BCUT2D eigenvalue weighted by molar-refractivity contribution is 5.82. The number of carbonyl (C=O) groups excluding carboxylic acids is 1. The number of hydrogen-bond acceptors (Lipinski definition) is 5. The Morgan fingerprint density at radius 3 is 2.67 bits per heavy atom. The molecule has 0 aliphatic rings. The maximum Gasteiger partial charge on any atom is 0.416 e. The molecule has 27 heavy (non-hydrogen) atoms. The van der Waals surface area contributed by atoms with Gasteiger partial charge >= 0.3 is 6.18 Å². The molecule has 0 fully saturated rings. The fourth-order valence-electron chi connectivity index (χ4n) is 2.63. The van der Waals surface area contributed by atoms with Gasteiger partial charge in [0.25, 0.3) is 0 Å². The van der Waals surface area contributed by atoms with Crippen LogP contribution in [0.5, 0.6) is 0 Å². The Labute approximate surface area is 153 Å². The maximum atomic E-state index is 13.1. The van der Waals surface area contributed by atoms with E-state index in [2.05, 4.69) is 20.4 Å². The number of fused-ring (bicyclic) bond motifs is 1. The average molecular weight is 377 g/mol. The summed E-state index contributed by atoms with van der Waals surface area (Å²) in [5.41, 5.74) is -0.0243. The van der Waals surface area contributed by atoms with Crippen LogP contribution in [0.3, 0.4) is 0 Å². The molecule has 0 radical (unpaired) electrons. The van der Waals surface area contributed by atoms with Gasteiger partial charge in [-0.2, -0.15) is 17.7 Å². The van der Waals surface area contributed by atoms with Crippen molar-refractivity contribution < 1.29 is 18.0 Å². The lowest BCUT2D eigenvalue weighted by Gasteiger charge is -2.14. The molecule has 0 aliphatic heterocycles. The van der Waals surface area contributed by atoms with Crippen molar-refractivity contribution in [2.75, 3.05) is 5.32 Å². The molecule has 9 heteroatoms. The Hall–Kier alpha value is -2.97. The quantitative estimate of drug-likeness (QED) is 0.714. The Bertz CT molecular complexity index is 951. The summed E-state index contributed by atoms with van der Waals surface area (Å²) < 4.78 is 40.7. The van der Waals surface area contributed by atoms with Crippen LogP contribution < -0.4 is 5.32 Å². The molecule has 0 aliphatic carbocycles. The van der Waals surface area contributed by atoms with Crippen LogP contribution in [0, 0.1) is 0 Å². The Balaban J connectivity index is 1.90. The van der Waals surface area contributed by atoms with Crippen molar-refractivity contribution in [1.29, 1.82) is 0 Å². The topological polar surface area (TPSA) is 72.2 Å². The molecule has 3 aromatic rings. The van der Waals surface area contributed by atoms with Crippen LogP contribution in [0.25, 0.3) is 5.65 Å². The van der Waals surface area contributed by atoms with Crippen molar-refractivity contribution in [2.45, 2.75) is 38.9 Å². The second-order valence-electron chi connectivity index (χ2n) is 6.48. The minimum atomic E-state index is -4.50. The largest absolute Gasteiger partial charge is 0.416 e. The van der Waals surface area contributed by atoms with Crippen molar-refractivity contribution in [3.05, 3.63) is 53.6 Å². The van der Waals surface area contributed by atoms with Gasteiger partial charge in [-0.3, -0.25) is 9.78 Å². The molecule has 142 valence electrons. The number of rotatable bonds is 6. The van der Waals surface area contributed by atoms with E-state index in [1.165, 1.54) is 4.52 Å². The number of carbonyl (C=O) groups is 1. The fourth-order valence-corrected chi connectivity index (χ4v) is 2.63. The third-order valence-corrected chi connectivity index (χ3v) is 3.72. The molecule has 0 amide bonds. The number of nitrogens with one attached hydrogen (secondary N) is 1. The summed E-state index contributed by atoms with van der Waals surface area (Å²) >= 11 is 0. The van der Waals surface area contributed by atoms with Crippen LogP contribution >= 0.6 is 0 Å². The zero-order valence-corrected chi connectivity index (χ0v) is 14.8. The summed E-state index contributed by atoms with van der Waals surface area (Å²) in [7, 11) is 0. The minimum Gasteiger partial charge on any atom is -0.368 e. The first kappa shape index (κ1) is 18.8. The van der Waals surface area contributed by atoms with Crippen LogP contribution in [-0.2, 0) is 23.8 Å². The first-order valence-corrected chi connectivity index (χ1v) is 8.36. The van der Waals surface area contributed by atoms with Gasteiger partial charge in [0.05, 0.1) is 12.0 Å². The van der Waals surface area contributed by atoms with Crippen LogP contribution in [0.2, 0.25) is 0 Å². The van der Waals surface area contributed by atoms with Gasteiger partial charge in [0, 0.05) is 24.9 Å². The molecule has 1 N–H and O–H groups in total. The van der Waals surface area contributed by atoms with Gasteiger partial charge in [-0.25, -0.2) is 4.98 Å². The van der Waals surface area contributed by atoms with E-state index in [1.54, 1.807) is 38.4 Å². The third kappa shape index (κ3) is 4.60. The van der Waals surface area contributed by atoms with Gasteiger partial charge in [0.1, 0.15) is 11.6 Å². The van der Waals surface area contributed by atoms with E-state index in [0.29, 0.717) is 0 Å². The highest BCUT2D eigenvalue weighted by Crippen LogP contribution is 2.32. The van der Waals surface area contributed by atoms with Gasteiger partial charge in [-0.05, 0) is 37.6 Å². The summed E-state index contributed by atoms with van der Waals surface area (Å²) in [5.74, 6) is 0.205. The van der Waals surface area contributed by atoms with Crippen molar-refractivity contribution >= 4 is 17.2 Å². The van der Waals surface area contributed by atoms with Gasteiger partial charge in [0.15, 0.2) is 11.5 Å². The molecule has 0 bridgehead atoms. The number of pyridine rings is 2. The summed E-state index contributed by atoms with van der Waals surface area (Å²) in [4.78, 5) is 20.3. The predicted molar refractivity (Wildman–Crippen MR) is 93.4 cm³/mol. The second kappa shape index (κ2) is 7.34. The SMILES string of the molecule is CC(C)Nc1cc(C(F)(F)F)cc2nc(CC(=O)Cc3cccnc3)nn12. The van der Waals surface area contributed by atoms with E-state index in [-0.39, 0.29) is 42.0 Å². The summed E-state index contributed by atoms with van der Waals surface area (Å²) in [6, 6.07) is 5.32.